The topological polar surface area (TPSA) is 100 Å². The van der Waals surface area contributed by atoms with Crippen LogP contribution >= 0.6 is 0 Å². The van der Waals surface area contributed by atoms with Gasteiger partial charge in [-0.1, -0.05) is 18.2 Å². The van der Waals surface area contributed by atoms with Gasteiger partial charge >= 0.3 is 6.09 Å². The average molecular weight is 343 g/mol. The first-order chi connectivity index (χ1) is 11.8. The highest BCUT2D eigenvalue weighted by atomic mass is 16.6. The number of nitrogens with zero attached hydrogens (tertiary/aromatic N) is 3. The lowest BCUT2D eigenvalue weighted by Crippen LogP contribution is -2.49. The lowest BCUT2D eigenvalue weighted by Gasteiger charge is -2.28. The second-order valence-corrected chi connectivity index (χ2v) is 6.88. The zero-order valence-electron chi connectivity index (χ0n) is 14.4. The van der Waals surface area contributed by atoms with Crippen LogP contribution in [-0.2, 0) is 22.5 Å². The van der Waals surface area contributed by atoms with E-state index in [2.05, 4.69) is 20.7 Å². The van der Waals surface area contributed by atoms with Gasteiger partial charge in [0.1, 0.15) is 17.3 Å². The molecule has 0 radical (unpaired) electrons. The van der Waals surface area contributed by atoms with E-state index in [-0.39, 0.29) is 12.5 Å². The Bertz CT molecular complexity index is 767. The van der Waals surface area contributed by atoms with Gasteiger partial charge < -0.3 is 10.1 Å². The third-order valence-corrected chi connectivity index (χ3v) is 3.78. The van der Waals surface area contributed by atoms with Gasteiger partial charge in [0.05, 0.1) is 18.4 Å². The molecule has 0 spiro atoms. The summed E-state index contributed by atoms with van der Waals surface area (Å²) >= 11 is 0. The number of ether oxygens (including phenoxy) is 1. The molecule has 0 fully saturated rings. The normalized spacial score (nSPS) is 16.4. The van der Waals surface area contributed by atoms with Crippen molar-refractivity contribution in [2.24, 2.45) is 0 Å². The molecule has 25 heavy (non-hydrogen) atoms. The van der Waals surface area contributed by atoms with Crippen LogP contribution in [0.3, 0.4) is 0 Å². The van der Waals surface area contributed by atoms with E-state index in [0.29, 0.717) is 17.8 Å². The number of carbonyl (C=O) groups excluding carboxylic acids is 2. The number of amides is 2. The van der Waals surface area contributed by atoms with Crippen LogP contribution in [0.1, 0.15) is 32.0 Å². The highest BCUT2D eigenvalue weighted by Crippen LogP contribution is 2.33. The molecule has 8 nitrogen and oxygen atoms in total. The van der Waals surface area contributed by atoms with E-state index in [0.717, 1.165) is 5.56 Å². The van der Waals surface area contributed by atoms with Crippen LogP contribution in [0.2, 0.25) is 0 Å². The fourth-order valence-corrected chi connectivity index (χ4v) is 2.74. The number of rotatable bonds is 3. The highest BCUT2D eigenvalue weighted by Gasteiger charge is 2.40. The molecule has 2 N–H and O–H groups in total. The molecule has 0 bridgehead atoms. The van der Waals surface area contributed by atoms with E-state index in [4.69, 9.17) is 4.74 Å². The molecular weight excluding hydrogens is 322 g/mol. The molecule has 1 aliphatic heterocycles. The number of aromatic nitrogens is 3. The Labute approximate surface area is 145 Å². The first-order valence-corrected chi connectivity index (χ1v) is 8.07. The van der Waals surface area contributed by atoms with Crippen molar-refractivity contribution in [3.63, 3.8) is 0 Å². The second kappa shape index (κ2) is 6.54. The number of aromatic amines is 1. The van der Waals surface area contributed by atoms with Gasteiger partial charge in [0.2, 0.25) is 5.91 Å². The maximum absolute atomic E-state index is 12.7. The minimum Gasteiger partial charge on any atom is -0.443 e. The van der Waals surface area contributed by atoms with Crippen molar-refractivity contribution in [2.75, 3.05) is 4.90 Å². The quantitative estimate of drug-likeness (QED) is 0.885. The fourth-order valence-electron chi connectivity index (χ4n) is 2.74. The van der Waals surface area contributed by atoms with Gasteiger partial charge in [-0.25, -0.2) is 4.79 Å². The van der Waals surface area contributed by atoms with E-state index in [1.165, 1.54) is 11.1 Å². The summed E-state index contributed by atoms with van der Waals surface area (Å²) in [6.07, 6.45) is 1.45. The molecule has 2 amide bonds. The largest absolute Gasteiger partial charge is 0.443 e. The minimum absolute atomic E-state index is 0.240. The summed E-state index contributed by atoms with van der Waals surface area (Å²) in [5, 5.41) is 12.9. The summed E-state index contributed by atoms with van der Waals surface area (Å²) < 4.78 is 5.49. The molecule has 1 aliphatic rings. The summed E-state index contributed by atoms with van der Waals surface area (Å²) in [6.45, 7) is 5.63. The summed E-state index contributed by atoms with van der Waals surface area (Å²) in [7, 11) is 0. The third kappa shape index (κ3) is 3.78. The lowest BCUT2D eigenvalue weighted by atomic mass is 10.1. The zero-order valence-corrected chi connectivity index (χ0v) is 14.4. The summed E-state index contributed by atoms with van der Waals surface area (Å²) in [5.41, 5.74) is 1.62. The van der Waals surface area contributed by atoms with Crippen LogP contribution in [0.5, 0.6) is 0 Å². The molecule has 8 heteroatoms. The van der Waals surface area contributed by atoms with Crippen molar-refractivity contribution in [1.82, 2.24) is 20.7 Å². The highest BCUT2D eigenvalue weighted by molar-refractivity contribution is 6.00. The Morgan fingerprint density at radius 2 is 2.12 bits per heavy atom. The standard InChI is InChI=1S/C17H21N5O3/c1-17(2,3)25-16(24)22-13-7-5-4-6-11(13)8-14(22)15(23)18-9-12-10-19-21-20-12/h4-7,10,14H,8-9H2,1-3H3,(H,18,23)(H,19,20,21). The molecule has 1 atom stereocenters. The molecule has 0 saturated heterocycles. The minimum atomic E-state index is -0.654. The van der Waals surface area contributed by atoms with Crippen LogP contribution in [0, 0.1) is 0 Å². The van der Waals surface area contributed by atoms with Gasteiger partial charge in [-0.05, 0) is 32.4 Å². The number of H-pyrrole nitrogens is 1. The first kappa shape index (κ1) is 16.9. The van der Waals surface area contributed by atoms with Crippen molar-refractivity contribution >= 4 is 17.7 Å². The number of benzene rings is 1. The third-order valence-electron chi connectivity index (χ3n) is 3.78. The number of fused-ring (bicyclic) bond motifs is 1. The van der Waals surface area contributed by atoms with Gasteiger partial charge in [-0.2, -0.15) is 15.4 Å². The maximum Gasteiger partial charge on any atom is 0.415 e. The predicted molar refractivity (Wildman–Crippen MR) is 90.9 cm³/mol. The molecule has 132 valence electrons. The van der Waals surface area contributed by atoms with Crippen molar-refractivity contribution in [2.45, 2.75) is 45.4 Å². The van der Waals surface area contributed by atoms with Crippen LogP contribution in [-0.4, -0.2) is 39.1 Å². The van der Waals surface area contributed by atoms with Crippen LogP contribution < -0.4 is 10.2 Å². The fraction of sp³-hybridized carbons (Fsp3) is 0.412. The van der Waals surface area contributed by atoms with E-state index < -0.39 is 17.7 Å². The lowest BCUT2D eigenvalue weighted by molar-refractivity contribution is -0.122. The molecule has 1 unspecified atom stereocenters. The van der Waals surface area contributed by atoms with Crippen molar-refractivity contribution in [1.29, 1.82) is 0 Å². The molecular formula is C17H21N5O3. The van der Waals surface area contributed by atoms with Crippen molar-refractivity contribution in [3.8, 4) is 0 Å². The van der Waals surface area contributed by atoms with Gasteiger partial charge in [0.25, 0.3) is 0 Å². The Hall–Kier alpha value is -2.90. The van der Waals surface area contributed by atoms with Gasteiger partial charge in [-0.15, -0.1) is 0 Å². The van der Waals surface area contributed by atoms with E-state index >= 15 is 0 Å². The van der Waals surface area contributed by atoms with E-state index in [1.54, 1.807) is 20.8 Å². The molecule has 2 aromatic rings. The van der Waals surface area contributed by atoms with Gasteiger partial charge in [0, 0.05) is 6.42 Å². The molecule has 1 aromatic heterocycles. The van der Waals surface area contributed by atoms with Crippen LogP contribution in [0.4, 0.5) is 10.5 Å². The number of hydrogen-bond acceptors (Lipinski definition) is 5. The average Bonchev–Trinajstić information content (AvgIpc) is 3.18. The Morgan fingerprint density at radius 3 is 2.80 bits per heavy atom. The zero-order chi connectivity index (χ0) is 18.0. The van der Waals surface area contributed by atoms with Crippen LogP contribution in [0.15, 0.2) is 30.5 Å². The Kier molecular flexibility index (Phi) is 4.43. The summed E-state index contributed by atoms with van der Waals surface area (Å²) in [5.74, 6) is -0.259. The maximum atomic E-state index is 12.7. The summed E-state index contributed by atoms with van der Waals surface area (Å²) in [4.78, 5) is 26.8. The van der Waals surface area contributed by atoms with Gasteiger partial charge in [0.15, 0.2) is 0 Å². The SMILES string of the molecule is CC(C)(C)OC(=O)N1c2ccccc2CC1C(=O)NCc1cn[nH]n1. The van der Waals surface area contributed by atoms with E-state index in [1.807, 2.05) is 24.3 Å². The number of para-hydroxylation sites is 1. The van der Waals surface area contributed by atoms with Gasteiger partial charge in [-0.3, -0.25) is 9.69 Å². The number of hydrogen-bond donors (Lipinski definition) is 2. The van der Waals surface area contributed by atoms with Crippen molar-refractivity contribution in [3.05, 3.63) is 41.7 Å². The smallest absolute Gasteiger partial charge is 0.415 e. The Balaban J connectivity index is 1.79. The summed E-state index contributed by atoms with van der Waals surface area (Å²) in [6, 6.07) is 6.81. The Morgan fingerprint density at radius 1 is 1.36 bits per heavy atom. The molecule has 1 aromatic carbocycles. The molecule has 2 heterocycles. The molecule has 3 rings (SSSR count). The number of carbonyl (C=O) groups is 2. The molecule has 0 saturated carbocycles. The number of anilines is 1. The van der Waals surface area contributed by atoms with Crippen molar-refractivity contribution < 1.29 is 14.3 Å². The first-order valence-electron chi connectivity index (χ1n) is 8.07. The number of nitrogens with one attached hydrogen (secondary N) is 2. The monoisotopic (exact) mass is 343 g/mol. The molecule has 0 aliphatic carbocycles. The second-order valence-electron chi connectivity index (χ2n) is 6.88. The predicted octanol–water partition coefficient (Wildman–Crippen LogP) is 1.79. The van der Waals surface area contributed by atoms with E-state index in [9.17, 15) is 9.59 Å². The van der Waals surface area contributed by atoms with Crippen LogP contribution in [0.25, 0.3) is 0 Å².